The number of hydrogen-bond donors (Lipinski definition) is 1. The highest BCUT2D eigenvalue weighted by molar-refractivity contribution is 6.30. The molecule has 0 aliphatic heterocycles. The Kier molecular flexibility index (Phi) is 4.93. The maximum absolute atomic E-state index is 12.4. The van der Waals surface area contributed by atoms with E-state index in [0.717, 1.165) is 0 Å². The fourth-order valence-electron chi connectivity index (χ4n) is 1.97. The fourth-order valence-corrected chi connectivity index (χ4v) is 2.15. The largest absolute Gasteiger partial charge is 0.395 e. The molecule has 0 fully saturated rings. The summed E-state index contributed by atoms with van der Waals surface area (Å²) in [7, 11) is 0. The molecule has 1 amide bonds. The molecular weight excluding hydrogens is 292 g/mol. The molecule has 1 heterocycles. The van der Waals surface area contributed by atoms with E-state index in [1.165, 1.54) is 9.70 Å². The van der Waals surface area contributed by atoms with E-state index in [9.17, 15) is 4.79 Å². The molecule has 0 radical (unpaired) electrons. The molecule has 6 nitrogen and oxygen atoms in total. The number of hydrogen-bond acceptors (Lipinski definition) is 4. The lowest BCUT2D eigenvalue weighted by molar-refractivity contribution is 0.0725. The fraction of sp³-hybridized carbons (Fsp3) is 0.357. The summed E-state index contributed by atoms with van der Waals surface area (Å²) < 4.78 is 0. The van der Waals surface area contributed by atoms with Gasteiger partial charge in [0.1, 0.15) is 0 Å². The SMILES string of the molecule is CCN(CCO)C(=O)c1nn(-c2cccc(Cl)c2)nc1C. The molecule has 0 unspecified atom stereocenters. The van der Waals surface area contributed by atoms with Crippen LogP contribution in [0, 0.1) is 6.92 Å². The van der Waals surface area contributed by atoms with Crippen molar-refractivity contribution in [2.45, 2.75) is 13.8 Å². The Morgan fingerprint density at radius 2 is 2.19 bits per heavy atom. The average molecular weight is 309 g/mol. The van der Waals surface area contributed by atoms with Gasteiger partial charge >= 0.3 is 0 Å². The van der Waals surface area contributed by atoms with E-state index in [0.29, 0.717) is 22.9 Å². The van der Waals surface area contributed by atoms with Crippen molar-refractivity contribution in [3.8, 4) is 5.69 Å². The van der Waals surface area contributed by atoms with Crippen LogP contribution < -0.4 is 0 Å². The van der Waals surface area contributed by atoms with Crippen molar-refractivity contribution >= 4 is 17.5 Å². The second-order valence-corrected chi connectivity index (χ2v) is 4.95. The lowest BCUT2D eigenvalue weighted by atomic mass is 10.3. The third kappa shape index (κ3) is 3.40. The first kappa shape index (κ1) is 15.5. The monoisotopic (exact) mass is 308 g/mol. The number of rotatable bonds is 5. The minimum absolute atomic E-state index is 0.0823. The lowest BCUT2D eigenvalue weighted by Gasteiger charge is -2.18. The zero-order chi connectivity index (χ0) is 15.4. The van der Waals surface area contributed by atoms with Crippen molar-refractivity contribution in [2.24, 2.45) is 0 Å². The molecule has 2 rings (SSSR count). The molecule has 0 bridgehead atoms. The first-order valence-corrected chi connectivity index (χ1v) is 7.04. The van der Waals surface area contributed by atoms with Gasteiger partial charge in [0.05, 0.1) is 18.0 Å². The molecule has 2 aromatic rings. The second kappa shape index (κ2) is 6.69. The van der Waals surface area contributed by atoms with Crippen LogP contribution >= 0.6 is 11.6 Å². The summed E-state index contributed by atoms with van der Waals surface area (Å²) >= 11 is 5.95. The third-order valence-corrected chi connectivity index (χ3v) is 3.30. The summed E-state index contributed by atoms with van der Waals surface area (Å²) in [6.45, 7) is 4.28. The molecule has 1 N–H and O–H groups in total. The molecule has 1 aromatic heterocycles. The Morgan fingerprint density at radius 3 is 2.81 bits per heavy atom. The second-order valence-electron chi connectivity index (χ2n) is 4.51. The first-order valence-electron chi connectivity index (χ1n) is 6.66. The molecule has 0 aliphatic carbocycles. The number of likely N-dealkylation sites (N-methyl/N-ethyl adjacent to an activating group) is 1. The summed E-state index contributed by atoms with van der Waals surface area (Å²) in [6, 6.07) is 7.08. The number of carbonyl (C=O) groups excluding carboxylic acids is 1. The quantitative estimate of drug-likeness (QED) is 0.912. The first-order chi connectivity index (χ1) is 10.1. The number of benzene rings is 1. The summed E-state index contributed by atoms with van der Waals surface area (Å²) in [6.07, 6.45) is 0. The van der Waals surface area contributed by atoms with E-state index < -0.39 is 0 Å². The van der Waals surface area contributed by atoms with Crippen LogP contribution in [0.3, 0.4) is 0 Å². The molecule has 112 valence electrons. The van der Waals surface area contributed by atoms with Gasteiger partial charge in [-0.3, -0.25) is 4.79 Å². The number of nitrogens with zero attached hydrogens (tertiary/aromatic N) is 4. The Labute approximate surface area is 127 Å². The highest BCUT2D eigenvalue weighted by atomic mass is 35.5. The van der Waals surface area contributed by atoms with Gasteiger partial charge in [-0.1, -0.05) is 17.7 Å². The molecule has 0 saturated carbocycles. The molecular formula is C14H17ClN4O2. The van der Waals surface area contributed by atoms with Crippen LogP contribution in [-0.2, 0) is 0 Å². The zero-order valence-electron chi connectivity index (χ0n) is 12.0. The van der Waals surface area contributed by atoms with Crippen LogP contribution in [0.5, 0.6) is 0 Å². The van der Waals surface area contributed by atoms with E-state index in [4.69, 9.17) is 16.7 Å². The Balaban J connectivity index is 2.33. The van der Waals surface area contributed by atoms with Gasteiger partial charge in [0.25, 0.3) is 5.91 Å². The minimum Gasteiger partial charge on any atom is -0.395 e. The number of aliphatic hydroxyl groups excluding tert-OH is 1. The standard InChI is InChI=1S/C14H17ClN4O2/c1-3-18(7-8-20)14(21)13-10(2)16-19(17-13)12-6-4-5-11(15)9-12/h4-6,9,20H,3,7-8H2,1-2H3. The van der Waals surface area contributed by atoms with Crippen molar-refractivity contribution in [3.63, 3.8) is 0 Å². The predicted octanol–water partition coefficient (Wildman–Crippen LogP) is 1.68. The van der Waals surface area contributed by atoms with E-state index in [1.807, 2.05) is 13.0 Å². The Morgan fingerprint density at radius 1 is 1.43 bits per heavy atom. The smallest absolute Gasteiger partial charge is 0.276 e. The van der Waals surface area contributed by atoms with Gasteiger partial charge < -0.3 is 10.0 Å². The van der Waals surface area contributed by atoms with Gasteiger partial charge in [-0.2, -0.15) is 9.90 Å². The Hall–Kier alpha value is -1.92. The van der Waals surface area contributed by atoms with Gasteiger partial charge in [0.2, 0.25) is 0 Å². The number of amides is 1. The summed E-state index contributed by atoms with van der Waals surface area (Å²) in [5, 5.41) is 18.1. The van der Waals surface area contributed by atoms with E-state index in [-0.39, 0.29) is 24.8 Å². The van der Waals surface area contributed by atoms with Gasteiger partial charge in [0, 0.05) is 18.1 Å². The van der Waals surface area contributed by atoms with Gasteiger partial charge in [-0.25, -0.2) is 0 Å². The Bertz CT molecular complexity index is 642. The zero-order valence-corrected chi connectivity index (χ0v) is 12.7. The van der Waals surface area contributed by atoms with Crippen molar-refractivity contribution in [1.29, 1.82) is 0 Å². The molecule has 0 aliphatic rings. The molecule has 7 heteroatoms. The summed E-state index contributed by atoms with van der Waals surface area (Å²) in [5.74, 6) is -0.239. The van der Waals surface area contributed by atoms with E-state index in [1.54, 1.807) is 25.1 Å². The van der Waals surface area contributed by atoms with Crippen LogP contribution in [0.25, 0.3) is 5.69 Å². The van der Waals surface area contributed by atoms with Crippen molar-refractivity contribution in [3.05, 3.63) is 40.7 Å². The number of aromatic nitrogens is 3. The molecule has 0 spiro atoms. The highest BCUT2D eigenvalue weighted by Crippen LogP contribution is 2.15. The van der Waals surface area contributed by atoms with Crippen molar-refractivity contribution in [2.75, 3.05) is 19.7 Å². The summed E-state index contributed by atoms with van der Waals surface area (Å²) in [5.41, 5.74) is 1.51. The minimum atomic E-state index is -0.239. The maximum Gasteiger partial charge on any atom is 0.276 e. The van der Waals surface area contributed by atoms with Crippen molar-refractivity contribution < 1.29 is 9.90 Å². The average Bonchev–Trinajstić information content (AvgIpc) is 2.86. The number of halogens is 1. The van der Waals surface area contributed by atoms with Crippen LogP contribution in [0.4, 0.5) is 0 Å². The predicted molar refractivity (Wildman–Crippen MR) is 79.8 cm³/mol. The highest BCUT2D eigenvalue weighted by Gasteiger charge is 2.21. The van der Waals surface area contributed by atoms with Crippen LogP contribution in [0.15, 0.2) is 24.3 Å². The van der Waals surface area contributed by atoms with Crippen molar-refractivity contribution in [1.82, 2.24) is 19.9 Å². The number of carbonyl (C=O) groups is 1. The number of aryl methyl sites for hydroxylation is 1. The normalized spacial score (nSPS) is 10.7. The van der Waals surface area contributed by atoms with Crippen LogP contribution in [0.2, 0.25) is 5.02 Å². The molecule has 21 heavy (non-hydrogen) atoms. The summed E-state index contributed by atoms with van der Waals surface area (Å²) in [4.78, 5) is 15.3. The van der Waals surface area contributed by atoms with Gasteiger partial charge in [0.15, 0.2) is 5.69 Å². The number of aliphatic hydroxyl groups is 1. The van der Waals surface area contributed by atoms with Crippen LogP contribution in [0.1, 0.15) is 23.1 Å². The van der Waals surface area contributed by atoms with E-state index >= 15 is 0 Å². The van der Waals surface area contributed by atoms with E-state index in [2.05, 4.69) is 10.2 Å². The molecule has 1 aromatic carbocycles. The lowest BCUT2D eigenvalue weighted by Crippen LogP contribution is -2.34. The third-order valence-electron chi connectivity index (χ3n) is 3.06. The topological polar surface area (TPSA) is 71.2 Å². The maximum atomic E-state index is 12.4. The van der Waals surface area contributed by atoms with Crippen LogP contribution in [-0.4, -0.2) is 50.6 Å². The molecule has 0 atom stereocenters. The molecule has 0 saturated heterocycles. The van der Waals surface area contributed by atoms with Gasteiger partial charge in [-0.05, 0) is 32.0 Å². The van der Waals surface area contributed by atoms with Gasteiger partial charge in [-0.15, -0.1) is 5.10 Å².